The van der Waals surface area contributed by atoms with Crippen LogP contribution in [0.3, 0.4) is 0 Å². The van der Waals surface area contributed by atoms with Gasteiger partial charge in [-0.1, -0.05) is 23.5 Å². The number of hydrogen-bond donors (Lipinski definition) is 1. The van der Waals surface area contributed by atoms with Crippen molar-refractivity contribution in [2.24, 2.45) is 0 Å². The van der Waals surface area contributed by atoms with E-state index in [2.05, 4.69) is 10.2 Å². The van der Waals surface area contributed by atoms with Crippen molar-refractivity contribution in [3.63, 3.8) is 0 Å². The van der Waals surface area contributed by atoms with Gasteiger partial charge in [-0.15, -0.1) is 10.2 Å². The lowest BCUT2D eigenvalue weighted by atomic mass is 9.93. The molecule has 0 unspecified atom stereocenters. The molecule has 1 fully saturated rings. The molecule has 35 heavy (non-hydrogen) atoms. The highest BCUT2D eigenvalue weighted by molar-refractivity contribution is 7.14. The highest BCUT2D eigenvalue weighted by Gasteiger charge is 2.50. The van der Waals surface area contributed by atoms with Gasteiger partial charge in [-0.3, -0.25) is 14.4 Å². The van der Waals surface area contributed by atoms with E-state index in [0.717, 1.165) is 29.7 Å². The highest BCUT2D eigenvalue weighted by atomic mass is 32.1. The van der Waals surface area contributed by atoms with Gasteiger partial charge in [0.05, 0.1) is 12.1 Å². The average molecular weight is 498 g/mol. The number of hydrogen-bond acceptors (Lipinski definition) is 7. The molecule has 0 spiro atoms. The van der Waals surface area contributed by atoms with Crippen LogP contribution in [0.1, 0.15) is 40.8 Å². The van der Waals surface area contributed by atoms with Crippen molar-refractivity contribution in [3.8, 4) is 16.3 Å². The zero-order valence-electron chi connectivity index (χ0n) is 19.5. The van der Waals surface area contributed by atoms with Gasteiger partial charge in [0.1, 0.15) is 16.4 Å². The Balaban J connectivity index is 1.60. The van der Waals surface area contributed by atoms with E-state index in [1.807, 2.05) is 0 Å². The summed E-state index contributed by atoms with van der Waals surface area (Å²) < 4.78 is 14.6. The molecule has 11 heteroatoms. The van der Waals surface area contributed by atoms with Crippen molar-refractivity contribution in [2.45, 2.75) is 37.8 Å². The maximum absolute atomic E-state index is 13.3. The van der Waals surface area contributed by atoms with Crippen LogP contribution in [0, 0.1) is 5.82 Å². The first-order chi connectivity index (χ1) is 16.6. The van der Waals surface area contributed by atoms with E-state index in [-0.39, 0.29) is 40.6 Å². The zero-order chi connectivity index (χ0) is 25.1. The molecule has 2 aliphatic rings. The van der Waals surface area contributed by atoms with Crippen molar-refractivity contribution in [1.29, 1.82) is 0 Å². The molecule has 1 aromatic carbocycles. The molecule has 0 radical (unpaired) electrons. The normalized spacial score (nSPS) is 19.5. The zero-order valence-corrected chi connectivity index (χ0v) is 20.3. The molecule has 0 saturated heterocycles. The molecule has 1 atom stereocenters. The summed E-state index contributed by atoms with van der Waals surface area (Å²) in [5, 5.41) is 20.0. The number of nitrogens with zero attached hydrogens (tertiary/aromatic N) is 5. The minimum atomic E-state index is -1.23. The van der Waals surface area contributed by atoms with Crippen LogP contribution in [-0.2, 0) is 16.8 Å². The molecule has 2 aromatic heterocycles. The summed E-state index contributed by atoms with van der Waals surface area (Å²) in [5.74, 6) is -1.77. The van der Waals surface area contributed by atoms with Crippen LogP contribution in [0.4, 0.5) is 4.39 Å². The summed E-state index contributed by atoms with van der Waals surface area (Å²) in [6, 6.07) is 6.00. The Morgan fingerprint density at radius 2 is 1.91 bits per heavy atom. The smallest absolute Gasteiger partial charge is 0.274 e. The first-order valence-electron chi connectivity index (χ1n) is 11.2. The lowest BCUT2D eigenvalue weighted by Crippen LogP contribution is -2.60. The number of halogens is 1. The lowest BCUT2D eigenvalue weighted by molar-refractivity contribution is -0.138. The predicted octanol–water partition coefficient (Wildman–Crippen LogP) is 2.22. The quantitative estimate of drug-likeness (QED) is 0.579. The van der Waals surface area contributed by atoms with E-state index in [4.69, 9.17) is 0 Å². The topological polar surface area (TPSA) is 109 Å². The van der Waals surface area contributed by atoms with Crippen molar-refractivity contribution in [1.82, 2.24) is 24.6 Å². The SMILES string of the molecule is CN(C)C(=O)[C@@]1(C)CN(C2CC2)C(=O)c2c(O)c(=O)c(-c3nnc(Cc4ccc(F)cc4)s3)cn21. The van der Waals surface area contributed by atoms with E-state index in [0.29, 0.717) is 11.4 Å². The number of carbonyl (C=O) groups excluding carboxylic acids is 2. The Labute approximate surface area is 204 Å². The molecular weight excluding hydrogens is 473 g/mol. The number of fused-ring (bicyclic) bond motifs is 1. The fourth-order valence-electron chi connectivity index (χ4n) is 4.51. The Morgan fingerprint density at radius 3 is 2.54 bits per heavy atom. The second kappa shape index (κ2) is 8.26. The van der Waals surface area contributed by atoms with E-state index >= 15 is 0 Å². The van der Waals surface area contributed by atoms with Crippen LogP contribution in [0.15, 0.2) is 35.3 Å². The molecule has 1 aliphatic heterocycles. The maximum Gasteiger partial charge on any atom is 0.274 e. The van der Waals surface area contributed by atoms with Crippen LogP contribution in [0.25, 0.3) is 10.6 Å². The summed E-state index contributed by atoms with van der Waals surface area (Å²) in [6.45, 7) is 1.84. The Kier molecular flexibility index (Phi) is 5.47. The van der Waals surface area contributed by atoms with Crippen molar-refractivity contribution >= 4 is 23.2 Å². The summed E-state index contributed by atoms with van der Waals surface area (Å²) >= 11 is 1.16. The summed E-state index contributed by atoms with van der Waals surface area (Å²) in [4.78, 5) is 42.8. The van der Waals surface area contributed by atoms with E-state index < -0.39 is 22.6 Å². The fraction of sp³-hybridized carbons (Fsp3) is 0.375. The van der Waals surface area contributed by atoms with Gasteiger partial charge in [0, 0.05) is 32.8 Å². The van der Waals surface area contributed by atoms with E-state index in [9.17, 15) is 23.9 Å². The number of rotatable bonds is 5. The number of amides is 2. The van der Waals surface area contributed by atoms with Crippen LogP contribution < -0.4 is 5.43 Å². The van der Waals surface area contributed by atoms with Crippen molar-refractivity contribution in [2.75, 3.05) is 20.6 Å². The Bertz CT molecular complexity index is 1400. The molecule has 1 N–H and O–H groups in total. The number of pyridine rings is 1. The minimum absolute atomic E-state index is 0.00287. The van der Waals surface area contributed by atoms with Gasteiger partial charge in [-0.05, 0) is 37.5 Å². The van der Waals surface area contributed by atoms with Gasteiger partial charge in [-0.2, -0.15) is 0 Å². The number of likely N-dealkylation sites (N-methyl/N-ethyl adjacent to an activating group) is 1. The molecule has 0 bridgehead atoms. The van der Waals surface area contributed by atoms with Gasteiger partial charge < -0.3 is 19.5 Å². The van der Waals surface area contributed by atoms with Gasteiger partial charge in [-0.25, -0.2) is 4.39 Å². The standard InChI is InChI=1S/C24H24FN5O4S/c1-24(23(34)28(2)3)12-29(15-8-9-15)22(33)18-20(32)19(31)16(11-30(18)24)21-27-26-17(35-21)10-13-4-6-14(25)7-5-13/h4-7,11,15,32H,8-10,12H2,1-3H3/t24-/m1/s1. The second-order valence-electron chi connectivity index (χ2n) is 9.38. The third-order valence-corrected chi connectivity index (χ3v) is 7.43. The number of aromatic hydroxyl groups is 1. The lowest BCUT2D eigenvalue weighted by Gasteiger charge is -2.43. The maximum atomic E-state index is 13.3. The van der Waals surface area contributed by atoms with Gasteiger partial charge >= 0.3 is 0 Å². The third kappa shape index (κ3) is 3.89. The second-order valence-corrected chi connectivity index (χ2v) is 10.4. The monoisotopic (exact) mass is 497 g/mol. The van der Waals surface area contributed by atoms with Gasteiger partial charge in [0.2, 0.25) is 11.3 Å². The molecule has 1 aliphatic carbocycles. The van der Waals surface area contributed by atoms with Gasteiger partial charge in [0.15, 0.2) is 16.5 Å². The molecular formula is C24H24FN5O4S. The summed E-state index contributed by atoms with van der Waals surface area (Å²) in [7, 11) is 3.25. The average Bonchev–Trinajstić information content (AvgIpc) is 3.57. The first kappa shape index (κ1) is 23.2. The van der Waals surface area contributed by atoms with Gasteiger partial charge in [0.25, 0.3) is 5.91 Å². The molecule has 1 saturated carbocycles. The van der Waals surface area contributed by atoms with E-state index in [1.165, 1.54) is 27.8 Å². The molecule has 2 amide bonds. The minimum Gasteiger partial charge on any atom is -0.503 e. The highest BCUT2D eigenvalue weighted by Crippen LogP contribution is 2.39. The van der Waals surface area contributed by atoms with Crippen molar-refractivity contribution < 1.29 is 19.1 Å². The van der Waals surface area contributed by atoms with E-state index in [1.54, 1.807) is 38.1 Å². The van der Waals surface area contributed by atoms with Crippen molar-refractivity contribution in [3.05, 3.63) is 62.8 Å². The predicted molar refractivity (Wildman–Crippen MR) is 127 cm³/mol. The molecule has 182 valence electrons. The molecule has 5 rings (SSSR count). The number of aromatic nitrogens is 3. The van der Waals surface area contributed by atoms with Crippen LogP contribution >= 0.6 is 11.3 Å². The summed E-state index contributed by atoms with van der Waals surface area (Å²) in [5.41, 5.74) is -1.28. The number of carbonyl (C=O) groups is 2. The van der Waals surface area contributed by atoms with Crippen LogP contribution in [0.2, 0.25) is 0 Å². The molecule has 3 aromatic rings. The Hall–Kier alpha value is -3.60. The first-order valence-corrected chi connectivity index (χ1v) is 12.0. The number of benzene rings is 1. The largest absolute Gasteiger partial charge is 0.503 e. The molecule has 9 nitrogen and oxygen atoms in total. The van der Waals surface area contributed by atoms with Crippen LogP contribution in [-0.4, -0.2) is 68.2 Å². The van der Waals surface area contributed by atoms with Crippen LogP contribution in [0.5, 0.6) is 5.75 Å². The summed E-state index contributed by atoms with van der Waals surface area (Å²) in [6.07, 6.45) is 3.47. The fourth-order valence-corrected chi connectivity index (χ4v) is 5.39. The Morgan fingerprint density at radius 1 is 1.23 bits per heavy atom. The molecule has 3 heterocycles. The third-order valence-electron chi connectivity index (χ3n) is 6.48.